The number of hydrogen-bond donors (Lipinski definition) is 1. The van der Waals surface area contributed by atoms with Gasteiger partial charge in [0.1, 0.15) is 0 Å². The molecule has 0 radical (unpaired) electrons. The van der Waals surface area contributed by atoms with E-state index in [-0.39, 0.29) is 0 Å². The lowest BCUT2D eigenvalue weighted by Gasteiger charge is -2.21. The minimum Gasteiger partial charge on any atom is -0.481 e. The lowest BCUT2D eigenvalue weighted by molar-refractivity contribution is 0.395. The Morgan fingerprint density at radius 2 is 2.41 bits per heavy atom. The molecule has 2 rings (SSSR count). The van der Waals surface area contributed by atoms with Crippen LogP contribution in [0.4, 0.5) is 0 Å². The van der Waals surface area contributed by atoms with Crippen molar-refractivity contribution in [3.63, 3.8) is 0 Å². The fraction of sp³-hybridized carbons (Fsp3) is 0.615. The van der Waals surface area contributed by atoms with Crippen LogP contribution >= 0.6 is 11.8 Å². The van der Waals surface area contributed by atoms with Crippen LogP contribution in [0.1, 0.15) is 25.0 Å². The number of aromatic nitrogens is 1. The van der Waals surface area contributed by atoms with Crippen molar-refractivity contribution in [2.24, 2.45) is 0 Å². The molecule has 1 aliphatic rings. The van der Waals surface area contributed by atoms with E-state index in [0.717, 1.165) is 24.0 Å². The molecule has 1 atom stereocenters. The topological polar surface area (TPSA) is 34.1 Å². The summed E-state index contributed by atoms with van der Waals surface area (Å²) in [6.07, 6.45) is 4.12. The van der Waals surface area contributed by atoms with Gasteiger partial charge >= 0.3 is 0 Å². The molecule has 0 saturated carbocycles. The summed E-state index contributed by atoms with van der Waals surface area (Å²) in [7, 11) is 1.65. The Labute approximate surface area is 107 Å². The summed E-state index contributed by atoms with van der Waals surface area (Å²) >= 11 is 2.10. The Hall–Kier alpha value is -0.740. The number of ether oxygens (including phenoxy) is 1. The Morgan fingerprint density at radius 1 is 1.47 bits per heavy atom. The first kappa shape index (κ1) is 12.7. The average Bonchev–Trinajstić information content (AvgIpc) is 2.40. The van der Waals surface area contributed by atoms with Crippen LogP contribution < -0.4 is 10.1 Å². The van der Waals surface area contributed by atoms with E-state index in [0.29, 0.717) is 5.88 Å². The molecule has 1 aromatic rings. The Bertz CT molecular complexity index is 340. The van der Waals surface area contributed by atoms with Crippen LogP contribution in [0.15, 0.2) is 18.2 Å². The number of pyridine rings is 1. The third kappa shape index (κ3) is 4.21. The lowest BCUT2D eigenvalue weighted by Crippen LogP contribution is -2.26. The fourth-order valence-corrected chi connectivity index (χ4v) is 3.27. The summed E-state index contributed by atoms with van der Waals surface area (Å²) in [6.45, 7) is 1.91. The molecule has 94 valence electrons. The molecule has 1 aromatic heterocycles. The monoisotopic (exact) mass is 252 g/mol. The summed E-state index contributed by atoms with van der Waals surface area (Å²) in [5.74, 6) is 2.01. The summed E-state index contributed by atoms with van der Waals surface area (Å²) in [5, 5.41) is 4.27. The Kier molecular flexibility index (Phi) is 5.13. The van der Waals surface area contributed by atoms with Crippen LogP contribution in [0.25, 0.3) is 0 Å². The van der Waals surface area contributed by atoms with Crippen LogP contribution in [0.2, 0.25) is 0 Å². The quantitative estimate of drug-likeness (QED) is 0.873. The first-order valence-electron chi connectivity index (χ1n) is 6.21. The van der Waals surface area contributed by atoms with Gasteiger partial charge in [0.15, 0.2) is 0 Å². The number of thioether (sulfide) groups is 1. The highest BCUT2D eigenvalue weighted by atomic mass is 32.2. The van der Waals surface area contributed by atoms with Crippen molar-refractivity contribution in [1.82, 2.24) is 10.3 Å². The molecule has 1 saturated heterocycles. The standard InChI is InChI=1S/C13H20N2OS/c1-16-13-7-4-5-11(15-13)9-14-10-12-6-2-3-8-17-12/h4-5,7,12,14H,2-3,6,8-10H2,1H3. The molecular formula is C13H20N2OS. The molecule has 3 nitrogen and oxygen atoms in total. The molecule has 1 aliphatic heterocycles. The van der Waals surface area contributed by atoms with Crippen LogP contribution in [-0.2, 0) is 6.54 Å². The highest BCUT2D eigenvalue weighted by molar-refractivity contribution is 7.99. The summed E-state index contributed by atoms with van der Waals surface area (Å²) in [4.78, 5) is 4.38. The van der Waals surface area contributed by atoms with E-state index in [2.05, 4.69) is 22.1 Å². The molecule has 0 spiro atoms. The zero-order chi connectivity index (χ0) is 11.9. The number of hydrogen-bond acceptors (Lipinski definition) is 4. The van der Waals surface area contributed by atoms with Crippen molar-refractivity contribution < 1.29 is 4.74 Å². The van der Waals surface area contributed by atoms with Gasteiger partial charge in [-0.2, -0.15) is 11.8 Å². The van der Waals surface area contributed by atoms with Crippen LogP contribution in [-0.4, -0.2) is 29.6 Å². The van der Waals surface area contributed by atoms with Crippen molar-refractivity contribution in [2.45, 2.75) is 31.1 Å². The summed E-state index contributed by atoms with van der Waals surface area (Å²) < 4.78 is 5.11. The minimum atomic E-state index is 0.691. The fourth-order valence-electron chi connectivity index (χ4n) is 2.00. The van der Waals surface area contributed by atoms with Crippen molar-refractivity contribution in [1.29, 1.82) is 0 Å². The minimum absolute atomic E-state index is 0.691. The highest BCUT2D eigenvalue weighted by Gasteiger charge is 2.12. The van der Waals surface area contributed by atoms with Crippen molar-refractivity contribution in [2.75, 3.05) is 19.4 Å². The molecule has 0 bridgehead atoms. The maximum absolute atomic E-state index is 5.11. The third-order valence-electron chi connectivity index (χ3n) is 2.94. The van der Waals surface area contributed by atoms with Gasteiger partial charge in [-0.25, -0.2) is 4.98 Å². The molecule has 2 heterocycles. The average molecular weight is 252 g/mol. The maximum Gasteiger partial charge on any atom is 0.213 e. The van der Waals surface area contributed by atoms with Gasteiger partial charge in [0, 0.05) is 24.4 Å². The van der Waals surface area contributed by atoms with Gasteiger partial charge in [0.25, 0.3) is 0 Å². The second-order valence-corrected chi connectivity index (χ2v) is 5.70. The molecule has 1 unspecified atom stereocenters. The van der Waals surface area contributed by atoms with Gasteiger partial charge in [-0.1, -0.05) is 12.5 Å². The SMILES string of the molecule is COc1cccc(CNCC2CCCCS2)n1. The molecule has 0 aliphatic carbocycles. The maximum atomic E-state index is 5.11. The molecule has 0 amide bonds. The highest BCUT2D eigenvalue weighted by Crippen LogP contribution is 2.24. The van der Waals surface area contributed by atoms with E-state index in [9.17, 15) is 0 Å². The van der Waals surface area contributed by atoms with E-state index in [1.165, 1.54) is 25.0 Å². The molecule has 4 heteroatoms. The van der Waals surface area contributed by atoms with E-state index in [1.807, 2.05) is 18.2 Å². The summed E-state index contributed by atoms with van der Waals surface area (Å²) in [5.41, 5.74) is 1.05. The zero-order valence-electron chi connectivity index (χ0n) is 10.3. The molecule has 1 fully saturated rings. The van der Waals surface area contributed by atoms with E-state index < -0.39 is 0 Å². The van der Waals surface area contributed by atoms with Gasteiger partial charge in [0.2, 0.25) is 5.88 Å². The smallest absolute Gasteiger partial charge is 0.213 e. The molecule has 0 aromatic carbocycles. The Balaban J connectivity index is 1.73. The van der Waals surface area contributed by atoms with E-state index >= 15 is 0 Å². The Morgan fingerprint density at radius 3 is 3.18 bits per heavy atom. The van der Waals surface area contributed by atoms with E-state index in [1.54, 1.807) is 7.11 Å². The van der Waals surface area contributed by atoms with Crippen LogP contribution in [0.5, 0.6) is 5.88 Å². The number of rotatable bonds is 5. The number of nitrogens with one attached hydrogen (secondary N) is 1. The first-order valence-corrected chi connectivity index (χ1v) is 7.25. The number of methoxy groups -OCH3 is 1. The number of nitrogens with zero attached hydrogens (tertiary/aromatic N) is 1. The normalized spacial score (nSPS) is 20.2. The van der Waals surface area contributed by atoms with Crippen LogP contribution in [0.3, 0.4) is 0 Å². The van der Waals surface area contributed by atoms with Gasteiger partial charge in [-0.15, -0.1) is 0 Å². The molecule has 17 heavy (non-hydrogen) atoms. The van der Waals surface area contributed by atoms with Crippen molar-refractivity contribution in [3.05, 3.63) is 23.9 Å². The van der Waals surface area contributed by atoms with Gasteiger partial charge in [-0.3, -0.25) is 0 Å². The third-order valence-corrected chi connectivity index (χ3v) is 4.34. The zero-order valence-corrected chi connectivity index (χ0v) is 11.1. The largest absolute Gasteiger partial charge is 0.481 e. The van der Waals surface area contributed by atoms with E-state index in [4.69, 9.17) is 4.74 Å². The molecular weight excluding hydrogens is 232 g/mol. The van der Waals surface area contributed by atoms with Gasteiger partial charge in [0.05, 0.1) is 12.8 Å². The first-order chi connectivity index (χ1) is 8.38. The van der Waals surface area contributed by atoms with Crippen molar-refractivity contribution >= 4 is 11.8 Å². The second-order valence-electron chi connectivity index (χ2n) is 4.29. The van der Waals surface area contributed by atoms with Crippen molar-refractivity contribution in [3.8, 4) is 5.88 Å². The van der Waals surface area contributed by atoms with Gasteiger partial charge < -0.3 is 10.1 Å². The predicted octanol–water partition coefficient (Wildman–Crippen LogP) is 2.47. The molecule has 1 N–H and O–H groups in total. The summed E-state index contributed by atoms with van der Waals surface area (Å²) in [6, 6.07) is 5.89. The lowest BCUT2D eigenvalue weighted by atomic mass is 10.2. The van der Waals surface area contributed by atoms with Crippen LogP contribution in [0, 0.1) is 0 Å². The van der Waals surface area contributed by atoms with Gasteiger partial charge in [-0.05, 0) is 24.7 Å². The second kappa shape index (κ2) is 6.87. The predicted molar refractivity (Wildman–Crippen MR) is 72.6 cm³/mol.